The molecule has 0 rings (SSSR count). The first-order valence-corrected chi connectivity index (χ1v) is 7.31. The van der Waals surface area contributed by atoms with Crippen molar-refractivity contribution in [1.29, 1.82) is 0 Å². The standard InChI is InChI=1S/C15H23BrO3/c1-5-7-8-9-12(3)10-11-13(17)15(4,16)14(18)19-6-2/h5,9H,1,6-8,10-11H2,2-4H3/b12-9+. The van der Waals surface area contributed by atoms with Crippen molar-refractivity contribution in [2.45, 2.75) is 50.8 Å². The number of rotatable bonds is 9. The first-order valence-electron chi connectivity index (χ1n) is 6.52. The second kappa shape index (κ2) is 9.08. The molecule has 108 valence electrons. The van der Waals surface area contributed by atoms with Crippen molar-refractivity contribution in [1.82, 2.24) is 0 Å². The summed E-state index contributed by atoms with van der Waals surface area (Å²) in [6, 6.07) is 0. The van der Waals surface area contributed by atoms with Crippen molar-refractivity contribution < 1.29 is 14.3 Å². The fraction of sp³-hybridized carbons (Fsp3) is 0.600. The maximum absolute atomic E-state index is 12.0. The van der Waals surface area contributed by atoms with Gasteiger partial charge in [0.2, 0.25) is 0 Å². The third kappa shape index (κ3) is 6.71. The quantitative estimate of drug-likeness (QED) is 0.211. The van der Waals surface area contributed by atoms with E-state index in [1.165, 1.54) is 0 Å². The number of hydrogen-bond donors (Lipinski definition) is 0. The minimum absolute atomic E-state index is 0.151. The largest absolute Gasteiger partial charge is 0.465 e. The number of carbonyl (C=O) groups is 2. The Morgan fingerprint density at radius 3 is 2.47 bits per heavy atom. The molecular weight excluding hydrogens is 308 g/mol. The van der Waals surface area contributed by atoms with Crippen LogP contribution in [0.15, 0.2) is 24.3 Å². The molecule has 0 aliphatic carbocycles. The molecule has 1 unspecified atom stereocenters. The van der Waals surface area contributed by atoms with E-state index >= 15 is 0 Å². The second-order valence-corrected chi connectivity index (χ2v) is 6.15. The molecule has 3 nitrogen and oxygen atoms in total. The zero-order valence-corrected chi connectivity index (χ0v) is 13.6. The number of Topliss-reactive ketones (excluding diaryl/α,β-unsaturated/α-hetero) is 1. The number of hydrogen-bond acceptors (Lipinski definition) is 3. The molecule has 0 radical (unpaired) electrons. The molecule has 0 aromatic heterocycles. The monoisotopic (exact) mass is 330 g/mol. The molecule has 0 bridgehead atoms. The number of carbonyl (C=O) groups excluding carboxylic acids is 2. The van der Waals surface area contributed by atoms with Crippen molar-refractivity contribution in [2.24, 2.45) is 0 Å². The third-order valence-corrected chi connectivity index (χ3v) is 3.56. The van der Waals surface area contributed by atoms with Gasteiger partial charge in [0.15, 0.2) is 10.1 Å². The summed E-state index contributed by atoms with van der Waals surface area (Å²) in [6.45, 7) is 9.19. The fourth-order valence-electron chi connectivity index (χ4n) is 1.48. The van der Waals surface area contributed by atoms with Gasteiger partial charge in [0.05, 0.1) is 6.61 Å². The molecule has 4 heteroatoms. The number of allylic oxidation sites excluding steroid dienone is 3. The van der Waals surface area contributed by atoms with Crippen LogP contribution in [-0.4, -0.2) is 22.7 Å². The van der Waals surface area contributed by atoms with E-state index in [-0.39, 0.29) is 12.4 Å². The normalized spacial score (nSPS) is 14.6. The summed E-state index contributed by atoms with van der Waals surface area (Å²) in [5, 5.41) is 0. The smallest absolute Gasteiger partial charge is 0.330 e. The summed E-state index contributed by atoms with van der Waals surface area (Å²) in [7, 11) is 0. The van der Waals surface area contributed by atoms with E-state index in [9.17, 15) is 9.59 Å². The highest BCUT2D eigenvalue weighted by Gasteiger charge is 2.38. The van der Waals surface area contributed by atoms with Crippen LogP contribution in [0.4, 0.5) is 0 Å². The molecule has 0 saturated carbocycles. The first kappa shape index (κ1) is 18.1. The predicted molar refractivity (Wildman–Crippen MR) is 81.4 cm³/mol. The van der Waals surface area contributed by atoms with Gasteiger partial charge < -0.3 is 4.74 Å². The maximum Gasteiger partial charge on any atom is 0.330 e. The molecule has 0 fully saturated rings. The summed E-state index contributed by atoms with van der Waals surface area (Å²) < 4.78 is 3.65. The molecule has 0 heterocycles. The molecule has 0 amide bonds. The minimum atomic E-state index is -1.23. The Morgan fingerprint density at radius 2 is 1.95 bits per heavy atom. The fourth-order valence-corrected chi connectivity index (χ4v) is 1.79. The number of halogens is 1. The van der Waals surface area contributed by atoms with Crippen LogP contribution < -0.4 is 0 Å². The van der Waals surface area contributed by atoms with Crippen molar-refractivity contribution in [2.75, 3.05) is 6.61 Å². The van der Waals surface area contributed by atoms with E-state index in [0.29, 0.717) is 12.8 Å². The van der Waals surface area contributed by atoms with Crippen molar-refractivity contribution in [3.05, 3.63) is 24.3 Å². The molecule has 1 atom stereocenters. The molecule has 0 spiro atoms. The lowest BCUT2D eigenvalue weighted by Crippen LogP contribution is -2.39. The number of alkyl halides is 1. The highest BCUT2D eigenvalue weighted by molar-refractivity contribution is 9.10. The van der Waals surface area contributed by atoms with Gasteiger partial charge in [-0.25, -0.2) is 0 Å². The number of esters is 1. The highest BCUT2D eigenvalue weighted by Crippen LogP contribution is 2.24. The first-order chi connectivity index (χ1) is 8.86. The second-order valence-electron chi connectivity index (χ2n) is 4.56. The summed E-state index contributed by atoms with van der Waals surface area (Å²) in [6.07, 6.45) is 6.83. The number of unbranched alkanes of at least 4 members (excludes halogenated alkanes) is 1. The van der Waals surface area contributed by atoms with Gasteiger partial charge in [-0.2, -0.15) is 0 Å². The van der Waals surface area contributed by atoms with Crippen LogP contribution in [0.5, 0.6) is 0 Å². The lowest BCUT2D eigenvalue weighted by Gasteiger charge is -2.18. The molecule has 0 N–H and O–H groups in total. The Bertz CT molecular complexity index is 356. The van der Waals surface area contributed by atoms with Crippen LogP contribution in [0.3, 0.4) is 0 Å². The van der Waals surface area contributed by atoms with Crippen LogP contribution in [0.25, 0.3) is 0 Å². The molecule has 0 aromatic rings. The Kier molecular flexibility index (Phi) is 8.65. The summed E-state index contributed by atoms with van der Waals surface area (Å²) in [5.74, 6) is -0.671. The highest BCUT2D eigenvalue weighted by atomic mass is 79.9. The van der Waals surface area contributed by atoms with E-state index in [1.54, 1.807) is 13.8 Å². The van der Waals surface area contributed by atoms with E-state index in [4.69, 9.17) is 4.74 Å². The van der Waals surface area contributed by atoms with Crippen molar-refractivity contribution >= 4 is 27.7 Å². The van der Waals surface area contributed by atoms with E-state index in [0.717, 1.165) is 18.4 Å². The molecule has 0 aliphatic heterocycles. The average molecular weight is 331 g/mol. The summed E-state index contributed by atoms with van der Waals surface area (Å²) in [5.41, 5.74) is 1.15. The van der Waals surface area contributed by atoms with Crippen molar-refractivity contribution in [3.8, 4) is 0 Å². The van der Waals surface area contributed by atoms with Gasteiger partial charge in [0, 0.05) is 6.42 Å². The zero-order chi connectivity index (χ0) is 14.9. The van der Waals surface area contributed by atoms with Crippen LogP contribution in [0.2, 0.25) is 0 Å². The number of ether oxygens (including phenoxy) is 1. The molecule has 0 aromatic carbocycles. The van der Waals surface area contributed by atoms with Gasteiger partial charge in [-0.15, -0.1) is 6.58 Å². The van der Waals surface area contributed by atoms with Crippen LogP contribution in [-0.2, 0) is 14.3 Å². The van der Waals surface area contributed by atoms with Crippen LogP contribution in [0.1, 0.15) is 46.5 Å². The lowest BCUT2D eigenvalue weighted by atomic mass is 9.99. The van der Waals surface area contributed by atoms with E-state index in [1.807, 2.05) is 13.0 Å². The lowest BCUT2D eigenvalue weighted by molar-refractivity contribution is -0.148. The van der Waals surface area contributed by atoms with Crippen LogP contribution in [0, 0.1) is 0 Å². The summed E-state index contributed by atoms with van der Waals surface area (Å²) >= 11 is 3.17. The van der Waals surface area contributed by atoms with Gasteiger partial charge in [-0.3, -0.25) is 9.59 Å². The van der Waals surface area contributed by atoms with E-state index < -0.39 is 10.3 Å². The minimum Gasteiger partial charge on any atom is -0.465 e. The molecular formula is C15H23BrO3. The molecule has 19 heavy (non-hydrogen) atoms. The van der Waals surface area contributed by atoms with Crippen LogP contribution >= 0.6 is 15.9 Å². The van der Waals surface area contributed by atoms with Gasteiger partial charge in [0.1, 0.15) is 0 Å². The van der Waals surface area contributed by atoms with Gasteiger partial charge in [-0.1, -0.05) is 33.7 Å². The Hall–Kier alpha value is -0.900. The third-order valence-electron chi connectivity index (χ3n) is 2.79. The van der Waals surface area contributed by atoms with Gasteiger partial charge in [0.25, 0.3) is 0 Å². The Balaban J connectivity index is 4.33. The van der Waals surface area contributed by atoms with Gasteiger partial charge in [-0.05, 0) is 40.0 Å². The van der Waals surface area contributed by atoms with Gasteiger partial charge >= 0.3 is 5.97 Å². The summed E-state index contributed by atoms with van der Waals surface area (Å²) in [4.78, 5) is 23.7. The Morgan fingerprint density at radius 1 is 1.32 bits per heavy atom. The number of ketones is 1. The Labute approximate surface area is 124 Å². The topological polar surface area (TPSA) is 43.4 Å². The molecule has 0 saturated heterocycles. The van der Waals surface area contributed by atoms with Crippen molar-refractivity contribution in [3.63, 3.8) is 0 Å². The molecule has 0 aliphatic rings. The zero-order valence-electron chi connectivity index (χ0n) is 12.0. The predicted octanol–water partition coefficient (Wildman–Crippen LogP) is 3.96. The SMILES string of the molecule is C=CCC/C=C(\C)CCC(=O)C(C)(Br)C(=O)OCC. The average Bonchev–Trinajstić information content (AvgIpc) is 2.36. The van der Waals surface area contributed by atoms with E-state index in [2.05, 4.69) is 28.6 Å². The maximum atomic E-state index is 12.0.